The van der Waals surface area contributed by atoms with Crippen LogP contribution in [0.15, 0.2) is 24.3 Å². The minimum atomic E-state index is 0.144. The topological polar surface area (TPSA) is 38.3 Å². The first-order chi connectivity index (χ1) is 8.31. The van der Waals surface area contributed by atoms with Crippen LogP contribution in [0.5, 0.6) is 0 Å². The number of ketones is 1. The molecule has 0 radical (unpaired) electrons. The molecule has 0 aliphatic carbocycles. The van der Waals surface area contributed by atoms with E-state index in [0.29, 0.717) is 12.5 Å². The number of rotatable bonds is 4. The van der Waals surface area contributed by atoms with Crippen LogP contribution < -0.4 is 5.32 Å². The van der Waals surface area contributed by atoms with Gasteiger partial charge < -0.3 is 10.1 Å². The third-order valence-corrected chi connectivity index (χ3v) is 3.26. The highest BCUT2D eigenvalue weighted by atomic mass is 16.5. The molecule has 1 aromatic rings. The summed E-state index contributed by atoms with van der Waals surface area (Å²) in [5.41, 5.74) is 2.12. The minimum Gasteiger partial charge on any atom is -0.381 e. The lowest BCUT2D eigenvalue weighted by atomic mass is 9.91. The summed E-state index contributed by atoms with van der Waals surface area (Å²) < 4.78 is 5.35. The number of Topliss-reactive ketones (excluding diaryl/α,β-unsaturated/α-hetero) is 1. The van der Waals surface area contributed by atoms with Crippen molar-refractivity contribution in [3.8, 4) is 0 Å². The molecule has 0 spiro atoms. The second-order valence-corrected chi connectivity index (χ2v) is 4.46. The van der Waals surface area contributed by atoms with Crippen molar-refractivity contribution in [3.63, 3.8) is 0 Å². The Labute approximate surface area is 102 Å². The first kappa shape index (κ1) is 12.3. The average molecular weight is 233 g/mol. The van der Waals surface area contributed by atoms with Gasteiger partial charge in [0.25, 0.3) is 0 Å². The van der Waals surface area contributed by atoms with E-state index < -0.39 is 0 Å². The highest BCUT2D eigenvalue weighted by Crippen LogP contribution is 2.26. The molecule has 1 fully saturated rings. The summed E-state index contributed by atoms with van der Waals surface area (Å²) >= 11 is 0. The van der Waals surface area contributed by atoms with Gasteiger partial charge in [0.1, 0.15) is 0 Å². The van der Waals surface area contributed by atoms with Crippen LogP contribution in [0, 0.1) is 0 Å². The van der Waals surface area contributed by atoms with Crippen molar-refractivity contribution < 1.29 is 9.53 Å². The van der Waals surface area contributed by atoms with Gasteiger partial charge in [0.05, 0.1) is 6.54 Å². The van der Waals surface area contributed by atoms with Crippen LogP contribution in [-0.4, -0.2) is 32.6 Å². The number of hydrogen-bond donors (Lipinski definition) is 1. The SMILES string of the molecule is CNCC(=O)c1ccc(C2CCOCC2)cc1. The van der Waals surface area contributed by atoms with Gasteiger partial charge in [-0.05, 0) is 31.4 Å². The van der Waals surface area contributed by atoms with Crippen LogP contribution in [0.3, 0.4) is 0 Å². The maximum atomic E-state index is 11.6. The molecule has 0 unspecified atom stereocenters. The Kier molecular flexibility index (Phi) is 4.29. The van der Waals surface area contributed by atoms with Gasteiger partial charge in [-0.1, -0.05) is 24.3 Å². The number of benzene rings is 1. The number of hydrogen-bond acceptors (Lipinski definition) is 3. The Bertz CT molecular complexity index is 366. The van der Waals surface area contributed by atoms with E-state index in [0.717, 1.165) is 31.6 Å². The van der Waals surface area contributed by atoms with Crippen LogP contribution >= 0.6 is 0 Å². The Morgan fingerprint density at radius 2 is 1.94 bits per heavy atom. The lowest BCUT2D eigenvalue weighted by Crippen LogP contribution is -2.18. The van der Waals surface area contributed by atoms with Gasteiger partial charge in [0.2, 0.25) is 0 Å². The number of likely N-dealkylation sites (N-methyl/N-ethyl adjacent to an activating group) is 1. The van der Waals surface area contributed by atoms with Crippen LogP contribution in [0.1, 0.15) is 34.7 Å². The van der Waals surface area contributed by atoms with E-state index in [1.54, 1.807) is 7.05 Å². The first-order valence-electron chi connectivity index (χ1n) is 6.17. The fourth-order valence-corrected chi connectivity index (χ4v) is 2.23. The van der Waals surface area contributed by atoms with E-state index in [4.69, 9.17) is 4.74 Å². The van der Waals surface area contributed by atoms with Crippen molar-refractivity contribution >= 4 is 5.78 Å². The standard InChI is InChI=1S/C14H19NO2/c1-15-10-14(16)13-4-2-11(3-5-13)12-6-8-17-9-7-12/h2-5,12,15H,6-10H2,1H3. The molecule has 3 nitrogen and oxygen atoms in total. The summed E-state index contributed by atoms with van der Waals surface area (Å²) in [7, 11) is 1.79. The maximum absolute atomic E-state index is 11.6. The van der Waals surface area contributed by atoms with E-state index in [-0.39, 0.29) is 5.78 Å². The third kappa shape index (κ3) is 3.14. The van der Waals surface area contributed by atoms with Crippen molar-refractivity contribution in [2.24, 2.45) is 0 Å². The summed E-state index contributed by atoms with van der Waals surface area (Å²) in [6, 6.07) is 8.03. The molecule has 0 aromatic heterocycles. The molecule has 1 aliphatic rings. The molecule has 0 atom stereocenters. The Morgan fingerprint density at radius 3 is 2.53 bits per heavy atom. The molecule has 0 saturated carbocycles. The summed E-state index contributed by atoms with van der Waals surface area (Å²) in [6.45, 7) is 2.10. The molecule has 17 heavy (non-hydrogen) atoms. The van der Waals surface area contributed by atoms with Gasteiger partial charge in [-0.3, -0.25) is 4.79 Å². The van der Waals surface area contributed by atoms with Gasteiger partial charge in [-0.2, -0.15) is 0 Å². The molecule has 3 heteroatoms. The van der Waals surface area contributed by atoms with Crippen LogP contribution in [0.25, 0.3) is 0 Å². The van der Waals surface area contributed by atoms with Gasteiger partial charge in [-0.15, -0.1) is 0 Å². The second-order valence-electron chi connectivity index (χ2n) is 4.46. The Morgan fingerprint density at radius 1 is 1.29 bits per heavy atom. The van der Waals surface area contributed by atoms with Crippen molar-refractivity contribution in [1.29, 1.82) is 0 Å². The molecule has 1 saturated heterocycles. The predicted octanol–water partition coefficient (Wildman–Crippen LogP) is 1.98. The van der Waals surface area contributed by atoms with E-state index in [1.165, 1.54) is 5.56 Å². The molecule has 1 N–H and O–H groups in total. The highest BCUT2D eigenvalue weighted by Gasteiger charge is 2.16. The first-order valence-corrected chi connectivity index (χ1v) is 6.17. The van der Waals surface area contributed by atoms with Crippen molar-refractivity contribution in [3.05, 3.63) is 35.4 Å². The molecule has 1 heterocycles. The molecule has 1 aromatic carbocycles. The predicted molar refractivity (Wildman–Crippen MR) is 67.5 cm³/mol. The number of carbonyl (C=O) groups excluding carboxylic acids is 1. The molecular weight excluding hydrogens is 214 g/mol. The minimum absolute atomic E-state index is 0.144. The number of ether oxygens (including phenoxy) is 1. The fourth-order valence-electron chi connectivity index (χ4n) is 2.23. The Balaban J connectivity index is 2.04. The highest BCUT2D eigenvalue weighted by molar-refractivity contribution is 5.97. The van der Waals surface area contributed by atoms with Crippen LogP contribution in [0.2, 0.25) is 0 Å². The van der Waals surface area contributed by atoms with Crippen molar-refractivity contribution in [2.75, 3.05) is 26.8 Å². The molecule has 2 rings (SSSR count). The van der Waals surface area contributed by atoms with Crippen molar-refractivity contribution in [1.82, 2.24) is 5.32 Å². The number of nitrogens with one attached hydrogen (secondary N) is 1. The van der Waals surface area contributed by atoms with Gasteiger partial charge in [-0.25, -0.2) is 0 Å². The van der Waals surface area contributed by atoms with Crippen LogP contribution in [0.4, 0.5) is 0 Å². The maximum Gasteiger partial charge on any atom is 0.176 e. The van der Waals surface area contributed by atoms with E-state index >= 15 is 0 Å². The zero-order valence-corrected chi connectivity index (χ0v) is 10.2. The summed E-state index contributed by atoms with van der Waals surface area (Å²) in [5.74, 6) is 0.739. The molecule has 0 bridgehead atoms. The van der Waals surface area contributed by atoms with Crippen LogP contribution in [-0.2, 0) is 4.74 Å². The lowest BCUT2D eigenvalue weighted by molar-refractivity contribution is 0.0853. The Hall–Kier alpha value is -1.19. The van der Waals surface area contributed by atoms with Gasteiger partial charge in [0.15, 0.2) is 5.78 Å². The van der Waals surface area contributed by atoms with Gasteiger partial charge >= 0.3 is 0 Å². The summed E-state index contributed by atoms with van der Waals surface area (Å²) in [5, 5.41) is 2.88. The van der Waals surface area contributed by atoms with E-state index in [1.807, 2.05) is 12.1 Å². The lowest BCUT2D eigenvalue weighted by Gasteiger charge is -2.22. The average Bonchev–Trinajstić information content (AvgIpc) is 2.40. The molecule has 92 valence electrons. The zero-order valence-electron chi connectivity index (χ0n) is 10.2. The number of carbonyl (C=O) groups is 1. The van der Waals surface area contributed by atoms with E-state index in [9.17, 15) is 4.79 Å². The fraction of sp³-hybridized carbons (Fsp3) is 0.500. The zero-order chi connectivity index (χ0) is 12.1. The quantitative estimate of drug-likeness (QED) is 0.808. The van der Waals surface area contributed by atoms with E-state index in [2.05, 4.69) is 17.4 Å². The normalized spacial score (nSPS) is 17.0. The molecular formula is C14H19NO2. The summed E-state index contributed by atoms with van der Waals surface area (Å²) in [4.78, 5) is 11.6. The molecule has 1 aliphatic heterocycles. The van der Waals surface area contributed by atoms with Gasteiger partial charge in [0, 0.05) is 18.8 Å². The smallest absolute Gasteiger partial charge is 0.176 e. The molecule has 0 amide bonds. The summed E-state index contributed by atoms with van der Waals surface area (Å²) in [6.07, 6.45) is 2.17. The third-order valence-electron chi connectivity index (χ3n) is 3.26. The second kappa shape index (κ2) is 5.94. The largest absolute Gasteiger partial charge is 0.381 e. The monoisotopic (exact) mass is 233 g/mol. The van der Waals surface area contributed by atoms with Crippen molar-refractivity contribution in [2.45, 2.75) is 18.8 Å².